The minimum atomic E-state index is 1.01. The smallest absolute Gasteiger partial charge is 0.0388 e. The van der Waals surface area contributed by atoms with Gasteiger partial charge in [0, 0.05) is 0 Å². The van der Waals surface area contributed by atoms with Crippen LogP contribution in [0.25, 0.3) is 0 Å². The third-order valence-corrected chi connectivity index (χ3v) is 4.51. The second-order valence-electron chi connectivity index (χ2n) is 5.66. The first-order valence-electron chi connectivity index (χ1n) is 7.27. The predicted octanol–water partition coefficient (Wildman–Crippen LogP) is 5.42. The molecule has 1 saturated carbocycles. The van der Waals surface area contributed by atoms with Gasteiger partial charge >= 0.3 is 0 Å². The molecule has 15 heavy (non-hydrogen) atoms. The van der Waals surface area contributed by atoms with Gasteiger partial charge in [0.05, 0.1) is 0 Å². The van der Waals surface area contributed by atoms with Crippen LogP contribution in [0.3, 0.4) is 0 Å². The molecule has 1 rings (SSSR count). The molecular weight excluding hydrogens is 180 g/mol. The Labute approximate surface area is 96.8 Å². The van der Waals surface area contributed by atoms with Gasteiger partial charge in [-0.2, -0.15) is 0 Å². The maximum atomic E-state index is 2.48. The van der Waals surface area contributed by atoms with E-state index in [0.29, 0.717) is 0 Å². The third-order valence-electron chi connectivity index (χ3n) is 4.51. The largest absolute Gasteiger partial charge is 0.0654 e. The van der Waals surface area contributed by atoms with E-state index in [4.69, 9.17) is 0 Å². The summed E-state index contributed by atoms with van der Waals surface area (Å²) in [5.41, 5.74) is 0. The van der Waals surface area contributed by atoms with Gasteiger partial charge in [-0.1, -0.05) is 72.1 Å². The van der Waals surface area contributed by atoms with Crippen LogP contribution < -0.4 is 0 Å². The molecule has 0 nitrogen and oxygen atoms in total. The zero-order valence-electron chi connectivity index (χ0n) is 11.1. The first-order valence-corrected chi connectivity index (χ1v) is 7.27. The molecule has 0 aromatic heterocycles. The van der Waals surface area contributed by atoms with Crippen molar-refractivity contribution >= 4 is 0 Å². The molecule has 3 atom stereocenters. The molecule has 0 aromatic carbocycles. The van der Waals surface area contributed by atoms with E-state index in [1.807, 2.05) is 0 Å². The molecule has 1 fully saturated rings. The summed E-state index contributed by atoms with van der Waals surface area (Å²) >= 11 is 0. The molecule has 0 saturated heterocycles. The van der Waals surface area contributed by atoms with Gasteiger partial charge in [-0.15, -0.1) is 0 Å². The van der Waals surface area contributed by atoms with E-state index < -0.39 is 0 Å². The Bertz CT molecular complexity index is 150. The molecule has 0 aromatic rings. The van der Waals surface area contributed by atoms with Crippen molar-refractivity contribution in [3.05, 3.63) is 0 Å². The van der Waals surface area contributed by atoms with Gasteiger partial charge in [0.15, 0.2) is 0 Å². The highest BCUT2D eigenvalue weighted by atomic mass is 14.3. The Morgan fingerprint density at radius 1 is 1.07 bits per heavy atom. The minimum absolute atomic E-state index is 1.01. The van der Waals surface area contributed by atoms with E-state index in [0.717, 1.165) is 17.8 Å². The van der Waals surface area contributed by atoms with Crippen molar-refractivity contribution in [1.82, 2.24) is 0 Å². The molecule has 0 heteroatoms. The Kier molecular flexibility index (Phi) is 6.36. The summed E-state index contributed by atoms with van der Waals surface area (Å²) in [4.78, 5) is 0. The summed E-state index contributed by atoms with van der Waals surface area (Å²) in [6.45, 7) is 7.17. The standard InChI is InChI=1S/C15H30/c1-4-8-14(5-2)11-12-15-10-7-6-9-13(15)3/h13-15H,4-12H2,1-3H3. The first-order chi connectivity index (χ1) is 7.27. The fourth-order valence-corrected chi connectivity index (χ4v) is 3.23. The molecular formula is C15H30. The zero-order chi connectivity index (χ0) is 11.1. The lowest BCUT2D eigenvalue weighted by Gasteiger charge is -2.29. The molecule has 0 bridgehead atoms. The first kappa shape index (κ1) is 13.1. The third kappa shape index (κ3) is 4.57. The average Bonchev–Trinajstić information content (AvgIpc) is 2.26. The van der Waals surface area contributed by atoms with E-state index in [2.05, 4.69) is 20.8 Å². The van der Waals surface area contributed by atoms with Crippen LogP contribution in [-0.2, 0) is 0 Å². The van der Waals surface area contributed by atoms with Crippen LogP contribution in [0, 0.1) is 17.8 Å². The Balaban J connectivity index is 2.21. The predicted molar refractivity (Wildman–Crippen MR) is 69.0 cm³/mol. The molecule has 0 radical (unpaired) electrons. The number of hydrogen-bond donors (Lipinski definition) is 0. The molecule has 1 aliphatic carbocycles. The molecule has 0 aliphatic heterocycles. The summed E-state index contributed by atoms with van der Waals surface area (Å²) in [6, 6.07) is 0. The SMILES string of the molecule is CCCC(CC)CCC1CCCCC1C. The fraction of sp³-hybridized carbons (Fsp3) is 1.00. The molecule has 1 aliphatic rings. The van der Waals surface area contributed by atoms with E-state index in [1.54, 1.807) is 0 Å². The Hall–Kier alpha value is 0. The molecule has 90 valence electrons. The van der Waals surface area contributed by atoms with Crippen LogP contribution in [0.4, 0.5) is 0 Å². The van der Waals surface area contributed by atoms with Crippen molar-refractivity contribution < 1.29 is 0 Å². The van der Waals surface area contributed by atoms with Crippen LogP contribution >= 0.6 is 0 Å². The van der Waals surface area contributed by atoms with Crippen molar-refractivity contribution in [2.75, 3.05) is 0 Å². The van der Waals surface area contributed by atoms with Crippen LogP contribution in [0.5, 0.6) is 0 Å². The normalized spacial score (nSPS) is 29.0. The van der Waals surface area contributed by atoms with Crippen molar-refractivity contribution in [1.29, 1.82) is 0 Å². The highest BCUT2D eigenvalue weighted by Gasteiger charge is 2.21. The second kappa shape index (κ2) is 7.30. The van der Waals surface area contributed by atoms with Crippen molar-refractivity contribution in [2.24, 2.45) is 17.8 Å². The van der Waals surface area contributed by atoms with Crippen molar-refractivity contribution in [3.8, 4) is 0 Å². The zero-order valence-corrected chi connectivity index (χ0v) is 11.1. The average molecular weight is 210 g/mol. The fourth-order valence-electron chi connectivity index (χ4n) is 3.23. The van der Waals surface area contributed by atoms with Crippen molar-refractivity contribution in [2.45, 2.75) is 78.6 Å². The van der Waals surface area contributed by atoms with Gasteiger partial charge in [-0.05, 0) is 24.2 Å². The monoisotopic (exact) mass is 210 g/mol. The molecule has 3 unspecified atom stereocenters. The van der Waals surface area contributed by atoms with E-state index in [9.17, 15) is 0 Å². The Morgan fingerprint density at radius 3 is 2.40 bits per heavy atom. The van der Waals surface area contributed by atoms with E-state index in [1.165, 1.54) is 57.8 Å². The van der Waals surface area contributed by atoms with Gasteiger partial charge < -0.3 is 0 Å². The highest BCUT2D eigenvalue weighted by Crippen LogP contribution is 2.34. The maximum Gasteiger partial charge on any atom is -0.0388 e. The van der Waals surface area contributed by atoms with Crippen LogP contribution in [0.1, 0.15) is 78.6 Å². The summed E-state index contributed by atoms with van der Waals surface area (Å²) in [5.74, 6) is 3.09. The van der Waals surface area contributed by atoms with Crippen LogP contribution in [0.2, 0.25) is 0 Å². The van der Waals surface area contributed by atoms with Crippen LogP contribution in [-0.4, -0.2) is 0 Å². The lowest BCUT2D eigenvalue weighted by atomic mass is 9.76. The van der Waals surface area contributed by atoms with Gasteiger partial charge in [0.1, 0.15) is 0 Å². The second-order valence-corrected chi connectivity index (χ2v) is 5.66. The summed E-state index contributed by atoms with van der Waals surface area (Å²) in [6.07, 6.45) is 13.2. The molecule has 0 heterocycles. The Morgan fingerprint density at radius 2 is 1.80 bits per heavy atom. The molecule has 0 spiro atoms. The van der Waals surface area contributed by atoms with Crippen LogP contribution in [0.15, 0.2) is 0 Å². The molecule has 0 N–H and O–H groups in total. The lowest BCUT2D eigenvalue weighted by Crippen LogP contribution is -2.17. The summed E-state index contributed by atoms with van der Waals surface area (Å²) in [7, 11) is 0. The lowest BCUT2D eigenvalue weighted by molar-refractivity contribution is 0.222. The highest BCUT2D eigenvalue weighted by molar-refractivity contribution is 4.73. The summed E-state index contributed by atoms with van der Waals surface area (Å²) < 4.78 is 0. The maximum absolute atomic E-state index is 2.48. The van der Waals surface area contributed by atoms with Gasteiger partial charge in [0.2, 0.25) is 0 Å². The summed E-state index contributed by atoms with van der Waals surface area (Å²) in [5, 5.41) is 0. The van der Waals surface area contributed by atoms with Gasteiger partial charge in [-0.25, -0.2) is 0 Å². The molecule has 0 amide bonds. The van der Waals surface area contributed by atoms with Crippen molar-refractivity contribution in [3.63, 3.8) is 0 Å². The van der Waals surface area contributed by atoms with E-state index >= 15 is 0 Å². The number of rotatable bonds is 6. The van der Waals surface area contributed by atoms with E-state index in [-0.39, 0.29) is 0 Å². The minimum Gasteiger partial charge on any atom is -0.0654 e. The topological polar surface area (TPSA) is 0 Å². The number of hydrogen-bond acceptors (Lipinski definition) is 0. The quantitative estimate of drug-likeness (QED) is 0.549. The van der Waals surface area contributed by atoms with Gasteiger partial charge in [-0.3, -0.25) is 0 Å². The van der Waals surface area contributed by atoms with Gasteiger partial charge in [0.25, 0.3) is 0 Å².